The van der Waals surface area contributed by atoms with Crippen molar-refractivity contribution in [1.82, 2.24) is 14.8 Å². The summed E-state index contributed by atoms with van der Waals surface area (Å²) in [5.41, 5.74) is 0. The van der Waals surface area contributed by atoms with Crippen molar-refractivity contribution in [2.75, 3.05) is 30.8 Å². The SMILES string of the molecule is CCOC(=O)C1CNc2nc(NC)nn2C1. The maximum atomic E-state index is 11.5. The monoisotopic (exact) mass is 225 g/mol. The summed E-state index contributed by atoms with van der Waals surface area (Å²) in [6.45, 7) is 3.26. The molecule has 88 valence electrons. The van der Waals surface area contributed by atoms with Gasteiger partial charge in [0, 0.05) is 13.6 Å². The van der Waals surface area contributed by atoms with E-state index >= 15 is 0 Å². The third-order valence-corrected chi connectivity index (χ3v) is 2.42. The van der Waals surface area contributed by atoms with Gasteiger partial charge in [-0.3, -0.25) is 4.79 Å². The summed E-state index contributed by atoms with van der Waals surface area (Å²) in [7, 11) is 1.75. The molecular weight excluding hydrogens is 210 g/mol. The third-order valence-electron chi connectivity index (χ3n) is 2.42. The molecule has 1 aliphatic heterocycles. The topological polar surface area (TPSA) is 81.1 Å². The molecule has 0 aliphatic carbocycles. The van der Waals surface area contributed by atoms with E-state index in [1.165, 1.54) is 0 Å². The van der Waals surface area contributed by atoms with E-state index in [4.69, 9.17) is 4.74 Å². The molecule has 0 aromatic carbocycles. The second kappa shape index (κ2) is 4.38. The molecule has 0 fully saturated rings. The quantitative estimate of drug-likeness (QED) is 0.700. The summed E-state index contributed by atoms with van der Waals surface area (Å²) in [6, 6.07) is 0. The Bertz CT molecular complexity index is 389. The summed E-state index contributed by atoms with van der Waals surface area (Å²) >= 11 is 0. The van der Waals surface area contributed by atoms with Gasteiger partial charge in [0.25, 0.3) is 0 Å². The molecule has 1 aliphatic rings. The molecule has 0 amide bonds. The van der Waals surface area contributed by atoms with Crippen LogP contribution in [-0.4, -0.2) is 40.9 Å². The van der Waals surface area contributed by atoms with Crippen molar-refractivity contribution >= 4 is 17.9 Å². The van der Waals surface area contributed by atoms with Crippen LogP contribution in [0.2, 0.25) is 0 Å². The van der Waals surface area contributed by atoms with Crippen molar-refractivity contribution in [1.29, 1.82) is 0 Å². The first-order valence-electron chi connectivity index (χ1n) is 5.27. The van der Waals surface area contributed by atoms with Crippen LogP contribution >= 0.6 is 0 Å². The van der Waals surface area contributed by atoms with E-state index in [9.17, 15) is 4.79 Å². The number of fused-ring (bicyclic) bond motifs is 1. The van der Waals surface area contributed by atoms with E-state index in [1.807, 2.05) is 0 Å². The second-order valence-corrected chi connectivity index (χ2v) is 3.52. The number of nitrogens with one attached hydrogen (secondary N) is 2. The molecule has 2 heterocycles. The normalized spacial score (nSPS) is 18.5. The number of anilines is 2. The van der Waals surface area contributed by atoms with Gasteiger partial charge in [-0.15, -0.1) is 5.10 Å². The van der Waals surface area contributed by atoms with Gasteiger partial charge in [-0.1, -0.05) is 0 Å². The van der Waals surface area contributed by atoms with Gasteiger partial charge >= 0.3 is 5.97 Å². The molecule has 7 nitrogen and oxygen atoms in total. The highest BCUT2D eigenvalue weighted by atomic mass is 16.5. The lowest BCUT2D eigenvalue weighted by molar-refractivity contribution is -0.148. The van der Waals surface area contributed by atoms with Gasteiger partial charge in [-0.25, -0.2) is 4.68 Å². The lowest BCUT2D eigenvalue weighted by Crippen LogP contribution is -2.34. The van der Waals surface area contributed by atoms with Gasteiger partial charge in [-0.2, -0.15) is 4.98 Å². The summed E-state index contributed by atoms with van der Waals surface area (Å²) in [5, 5.41) is 10.1. The minimum absolute atomic E-state index is 0.192. The second-order valence-electron chi connectivity index (χ2n) is 3.52. The van der Waals surface area contributed by atoms with Crippen molar-refractivity contribution in [2.45, 2.75) is 13.5 Å². The first kappa shape index (κ1) is 10.7. The van der Waals surface area contributed by atoms with E-state index in [2.05, 4.69) is 20.7 Å². The van der Waals surface area contributed by atoms with Gasteiger partial charge < -0.3 is 15.4 Å². The van der Waals surface area contributed by atoms with Crippen molar-refractivity contribution in [3.05, 3.63) is 0 Å². The van der Waals surface area contributed by atoms with Crippen LogP contribution in [-0.2, 0) is 16.1 Å². The van der Waals surface area contributed by atoms with Crippen LogP contribution in [0.4, 0.5) is 11.9 Å². The van der Waals surface area contributed by atoms with Crippen molar-refractivity contribution in [2.24, 2.45) is 5.92 Å². The molecule has 2 N–H and O–H groups in total. The van der Waals surface area contributed by atoms with Crippen LogP contribution in [0.25, 0.3) is 0 Å². The number of aromatic nitrogens is 3. The Balaban J connectivity index is 2.08. The van der Waals surface area contributed by atoms with Gasteiger partial charge in [0.15, 0.2) is 0 Å². The van der Waals surface area contributed by atoms with E-state index in [-0.39, 0.29) is 11.9 Å². The minimum Gasteiger partial charge on any atom is -0.466 e. The molecule has 1 unspecified atom stereocenters. The highest BCUT2D eigenvalue weighted by Crippen LogP contribution is 2.17. The Hall–Kier alpha value is -1.79. The molecule has 0 spiro atoms. The Kier molecular flexibility index (Phi) is 2.93. The summed E-state index contributed by atoms with van der Waals surface area (Å²) in [5.74, 6) is 0.845. The molecule has 16 heavy (non-hydrogen) atoms. The lowest BCUT2D eigenvalue weighted by atomic mass is 10.1. The molecule has 0 saturated heterocycles. The number of carbonyl (C=O) groups is 1. The molecule has 0 saturated carbocycles. The van der Waals surface area contributed by atoms with E-state index < -0.39 is 0 Å². The smallest absolute Gasteiger partial charge is 0.312 e. The Labute approximate surface area is 93.2 Å². The van der Waals surface area contributed by atoms with Crippen LogP contribution in [0.1, 0.15) is 6.92 Å². The average Bonchev–Trinajstić information content (AvgIpc) is 2.70. The zero-order chi connectivity index (χ0) is 11.5. The zero-order valence-corrected chi connectivity index (χ0v) is 9.36. The van der Waals surface area contributed by atoms with Gasteiger partial charge in [0.05, 0.1) is 19.1 Å². The molecule has 2 rings (SSSR count). The molecule has 1 aromatic rings. The van der Waals surface area contributed by atoms with Crippen LogP contribution in [0, 0.1) is 5.92 Å². The number of nitrogens with zero attached hydrogens (tertiary/aromatic N) is 3. The first-order chi connectivity index (χ1) is 7.74. The van der Waals surface area contributed by atoms with E-state index in [0.29, 0.717) is 31.6 Å². The molecule has 0 radical (unpaired) electrons. The fourth-order valence-electron chi connectivity index (χ4n) is 1.61. The highest BCUT2D eigenvalue weighted by molar-refractivity contribution is 5.73. The van der Waals surface area contributed by atoms with Crippen molar-refractivity contribution in [3.63, 3.8) is 0 Å². The summed E-state index contributed by atoms with van der Waals surface area (Å²) in [6.07, 6.45) is 0. The molecule has 1 aromatic heterocycles. The lowest BCUT2D eigenvalue weighted by Gasteiger charge is -2.21. The Morgan fingerprint density at radius 3 is 3.25 bits per heavy atom. The Morgan fingerprint density at radius 1 is 1.75 bits per heavy atom. The minimum atomic E-state index is -0.196. The number of rotatable bonds is 3. The van der Waals surface area contributed by atoms with Crippen LogP contribution < -0.4 is 10.6 Å². The van der Waals surface area contributed by atoms with Gasteiger partial charge in [-0.05, 0) is 6.92 Å². The zero-order valence-electron chi connectivity index (χ0n) is 9.36. The molecule has 0 bridgehead atoms. The van der Waals surface area contributed by atoms with Crippen molar-refractivity contribution < 1.29 is 9.53 Å². The summed E-state index contributed by atoms with van der Waals surface area (Å²) < 4.78 is 6.65. The standard InChI is InChI=1S/C9H15N5O2/c1-3-16-7(15)6-4-11-9-12-8(10-2)13-14(9)5-6/h6H,3-5H2,1-2H3,(H2,10,11,12,13). The highest BCUT2D eigenvalue weighted by Gasteiger charge is 2.27. The van der Waals surface area contributed by atoms with Gasteiger partial charge in [0.2, 0.25) is 11.9 Å². The maximum absolute atomic E-state index is 11.5. The first-order valence-corrected chi connectivity index (χ1v) is 5.27. The van der Waals surface area contributed by atoms with Crippen LogP contribution in [0.5, 0.6) is 0 Å². The largest absolute Gasteiger partial charge is 0.466 e. The van der Waals surface area contributed by atoms with Gasteiger partial charge in [0.1, 0.15) is 0 Å². The molecule has 7 heteroatoms. The van der Waals surface area contributed by atoms with Crippen LogP contribution in [0.15, 0.2) is 0 Å². The Morgan fingerprint density at radius 2 is 2.56 bits per heavy atom. The van der Waals surface area contributed by atoms with Crippen molar-refractivity contribution in [3.8, 4) is 0 Å². The maximum Gasteiger partial charge on any atom is 0.312 e. The number of ether oxygens (including phenoxy) is 1. The van der Waals surface area contributed by atoms with Crippen LogP contribution in [0.3, 0.4) is 0 Å². The third kappa shape index (κ3) is 1.93. The summed E-state index contributed by atoms with van der Waals surface area (Å²) in [4.78, 5) is 15.7. The number of esters is 1. The fourth-order valence-corrected chi connectivity index (χ4v) is 1.61. The number of hydrogen-bond donors (Lipinski definition) is 2. The predicted octanol–water partition coefficient (Wildman–Crippen LogP) is -0.0754. The fraction of sp³-hybridized carbons (Fsp3) is 0.667. The number of hydrogen-bond acceptors (Lipinski definition) is 6. The molecular formula is C9H15N5O2. The predicted molar refractivity (Wildman–Crippen MR) is 58.2 cm³/mol. The molecule has 1 atom stereocenters. The van der Waals surface area contributed by atoms with E-state index in [1.54, 1.807) is 18.7 Å². The van der Waals surface area contributed by atoms with E-state index in [0.717, 1.165) is 0 Å². The number of carbonyl (C=O) groups excluding carboxylic acids is 1. The average molecular weight is 225 g/mol.